The molecule has 0 spiro atoms. The van der Waals surface area contributed by atoms with Gasteiger partial charge in [0.15, 0.2) is 11.9 Å². The van der Waals surface area contributed by atoms with Crippen molar-refractivity contribution in [2.45, 2.75) is 71.7 Å². The van der Waals surface area contributed by atoms with Crippen molar-refractivity contribution in [3.8, 4) is 0 Å². The summed E-state index contributed by atoms with van der Waals surface area (Å²) in [7, 11) is 1.36. The molecule has 0 amide bonds. The summed E-state index contributed by atoms with van der Waals surface area (Å²) in [6.07, 6.45) is 4.17. The van der Waals surface area contributed by atoms with Crippen LogP contribution < -0.4 is 4.90 Å². The van der Waals surface area contributed by atoms with E-state index in [0.29, 0.717) is 31.0 Å². The quantitative estimate of drug-likeness (QED) is 0.320. The maximum absolute atomic E-state index is 13.0. The third kappa shape index (κ3) is 5.50. The number of hydrogen-bond donors (Lipinski definition) is 0. The van der Waals surface area contributed by atoms with Crippen LogP contribution in [0.15, 0.2) is 24.9 Å². The van der Waals surface area contributed by atoms with Crippen LogP contribution in [0.1, 0.15) is 75.2 Å². The van der Waals surface area contributed by atoms with E-state index in [9.17, 15) is 9.59 Å². The van der Waals surface area contributed by atoms with Gasteiger partial charge in [-0.25, -0.2) is 9.78 Å². The molecule has 0 unspecified atom stereocenters. The number of esters is 1. The van der Waals surface area contributed by atoms with Crippen LogP contribution in [0.25, 0.3) is 5.65 Å². The van der Waals surface area contributed by atoms with Gasteiger partial charge in [0, 0.05) is 31.8 Å². The second-order valence-corrected chi connectivity index (χ2v) is 10.1. The molecule has 0 aromatic carbocycles. The summed E-state index contributed by atoms with van der Waals surface area (Å²) in [5, 5.41) is 0. The van der Waals surface area contributed by atoms with Crippen LogP contribution in [0.4, 0.5) is 5.82 Å². The normalized spacial score (nSPS) is 17.0. The van der Waals surface area contributed by atoms with Gasteiger partial charge in [-0.1, -0.05) is 6.08 Å². The highest BCUT2D eigenvalue weighted by atomic mass is 16.6. The molecular formula is C26H37N3O5. The molecule has 8 nitrogen and oxygen atoms in total. The monoisotopic (exact) mass is 471 g/mol. The van der Waals surface area contributed by atoms with Gasteiger partial charge in [-0.3, -0.25) is 9.20 Å². The number of pyridine rings is 1. The lowest BCUT2D eigenvalue weighted by molar-refractivity contribution is -0.164. The van der Waals surface area contributed by atoms with Crippen molar-refractivity contribution in [2.75, 3.05) is 31.7 Å². The molecule has 34 heavy (non-hydrogen) atoms. The van der Waals surface area contributed by atoms with Gasteiger partial charge in [0.1, 0.15) is 17.2 Å². The smallest absolute Gasteiger partial charge is 0.339 e. The molecule has 0 radical (unpaired) electrons. The summed E-state index contributed by atoms with van der Waals surface area (Å²) in [5.41, 5.74) is 1.75. The molecule has 0 saturated carbocycles. The van der Waals surface area contributed by atoms with Crippen molar-refractivity contribution in [3.05, 3.63) is 41.7 Å². The van der Waals surface area contributed by atoms with E-state index >= 15 is 0 Å². The molecule has 0 aliphatic carbocycles. The standard InChI is InChI=1S/C26H37N3O5/c1-9-14-33-26(7)10-12-28(13-11-26)23-21(22(24(31)32-8)34-25(4,5)6)17(2)15-20-27-19(18(3)30)16-29(20)23/h9,15-16,22H,1,10-14H2,2-8H3/t22-/m0/s1. The molecule has 3 heterocycles. The lowest BCUT2D eigenvalue weighted by Crippen LogP contribution is -2.45. The van der Waals surface area contributed by atoms with Gasteiger partial charge in [0.2, 0.25) is 0 Å². The number of carbonyl (C=O) groups is 2. The fraction of sp³-hybridized carbons (Fsp3) is 0.577. The van der Waals surface area contributed by atoms with Crippen molar-refractivity contribution >= 4 is 23.2 Å². The number of rotatable bonds is 8. The fourth-order valence-electron chi connectivity index (χ4n) is 4.34. The number of ketones is 1. The molecule has 1 atom stereocenters. The summed E-state index contributed by atoms with van der Waals surface area (Å²) in [4.78, 5) is 31.9. The molecule has 0 N–H and O–H groups in total. The van der Waals surface area contributed by atoms with E-state index in [1.807, 2.05) is 38.2 Å². The Labute approximate surface area is 201 Å². The van der Waals surface area contributed by atoms with Crippen LogP contribution >= 0.6 is 0 Å². The first-order chi connectivity index (χ1) is 15.9. The minimum atomic E-state index is -0.932. The molecule has 3 rings (SSSR count). The largest absolute Gasteiger partial charge is 0.467 e. The van der Waals surface area contributed by atoms with Crippen LogP contribution in [0, 0.1) is 6.92 Å². The number of anilines is 1. The van der Waals surface area contributed by atoms with E-state index in [0.717, 1.165) is 29.8 Å². The maximum atomic E-state index is 13.0. The fourth-order valence-corrected chi connectivity index (χ4v) is 4.34. The number of imidazole rings is 1. The zero-order valence-electron chi connectivity index (χ0n) is 21.4. The summed E-state index contributed by atoms with van der Waals surface area (Å²) in [6, 6.07) is 1.88. The highest BCUT2D eigenvalue weighted by Gasteiger charge is 2.37. The second kappa shape index (κ2) is 9.88. The van der Waals surface area contributed by atoms with Gasteiger partial charge in [-0.2, -0.15) is 0 Å². The highest BCUT2D eigenvalue weighted by Crippen LogP contribution is 2.39. The Morgan fingerprint density at radius 2 is 1.94 bits per heavy atom. The Balaban J connectivity index is 2.17. The number of hydrogen-bond acceptors (Lipinski definition) is 7. The Morgan fingerprint density at radius 1 is 1.29 bits per heavy atom. The SMILES string of the molecule is C=CCOC1(C)CCN(c2c([C@H](OC(C)(C)C)C(=O)OC)c(C)cc3nc(C(C)=O)cn23)CC1. The highest BCUT2D eigenvalue weighted by molar-refractivity contribution is 5.93. The third-order valence-electron chi connectivity index (χ3n) is 6.15. The first-order valence-corrected chi connectivity index (χ1v) is 11.7. The number of methoxy groups -OCH3 is 1. The number of aryl methyl sites for hydroxylation is 1. The Morgan fingerprint density at radius 3 is 2.47 bits per heavy atom. The van der Waals surface area contributed by atoms with E-state index in [2.05, 4.69) is 23.4 Å². The zero-order valence-corrected chi connectivity index (χ0v) is 21.4. The van der Waals surface area contributed by atoms with Gasteiger partial charge in [-0.15, -0.1) is 6.58 Å². The van der Waals surface area contributed by atoms with E-state index in [4.69, 9.17) is 14.2 Å². The van der Waals surface area contributed by atoms with Gasteiger partial charge in [0.25, 0.3) is 0 Å². The molecular weight excluding hydrogens is 434 g/mol. The molecule has 1 saturated heterocycles. The third-order valence-corrected chi connectivity index (χ3v) is 6.15. The topological polar surface area (TPSA) is 82.4 Å². The lowest BCUT2D eigenvalue weighted by atomic mass is 9.92. The van der Waals surface area contributed by atoms with Gasteiger partial charge >= 0.3 is 5.97 Å². The van der Waals surface area contributed by atoms with Crippen molar-refractivity contribution in [1.29, 1.82) is 0 Å². The second-order valence-electron chi connectivity index (χ2n) is 10.1. The molecule has 2 aromatic rings. The number of Topliss-reactive ketones (excluding diaryl/α,β-unsaturated/α-hetero) is 1. The Kier molecular flexibility index (Phi) is 7.53. The van der Waals surface area contributed by atoms with Crippen molar-refractivity contribution in [2.24, 2.45) is 0 Å². The average molecular weight is 472 g/mol. The van der Waals surface area contributed by atoms with Crippen LogP contribution in [0.3, 0.4) is 0 Å². The van der Waals surface area contributed by atoms with Crippen molar-refractivity contribution in [1.82, 2.24) is 9.38 Å². The number of aromatic nitrogens is 2. The predicted molar refractivity (Wildman–Crippen MR) is 132 cm³/mol. The average Bonchev–Trinajstić information content (AvgIpc) is 3.19. The molecule has 1 aliphatic heterocycles. The van der Waals surface area contributed by atoms with Crippen LogP contribution in [0.2, 0.25) is 0 Å². The first-order valence-electron chi connectivity index (χ1n) is 11.7. The molecule has 186 valence electrons. The Hall–Kier alpha value is -2.71. The van der Waals surface area contributed by atoms with Gasteiger partial charge in [-0.05, 0) is 59.1 Å². The maximum Gasteiger partial charge on any atom is 0.339 e. The summed E-state index contributed by atoms with van der Waals surface area (Å²) in [5.74, 6) is 0.204. The van der Waals surface area contributed by atoms with Crippen molar-refractivity contribution in [3.63, 3.8) is 0 Å². The summed E-state index contributed by atoms with van der Waals surface area (Å²) < 4.78 is 19.3. The molecule has 1 fully saturated rings. The van der Waals surface area contributed by atoms with Crippen molar-refractivity contribution < 1.29 is 23.8 Å². The van der Waals surface area contributed by atoms with E-state index in [1.54, 1.807) is 12.3 Å². The van der Waals surface area contributed by atoms with E-state index in [1.165, 1.54) is 14.0 Å². The first kappa shape index (κ1) is 25.9. The Bertz CT molecular complexity index is 1070. The van der Waals surface area contributed by atoms with Crippen LogP contribution in [-0.2, 0) is 19.0 Å². The minimum absolute atomic E-state index is 0.117. The molecule has 8 heteroatoms. The number of nitrogens with zero attached hydrogens (tertiary/aromatic N) is 3. The van der Waals surface area contributed by atoms with Crippen LogP contribution in [-0.4, -0.2) is 59.1 Å². The number of ether oxygens (including phenoxy) is 3. The zero-order chi connectivity index (χ0) is 25.3. The minimum Gasteiger partial charge on any atom is -0.467 e. The molecule has 2 aromatic heterocycles. The molecule has 1 aliphatic rings. The van der Waals surface area contributed by atoms with Crippen LogP contribution in [0.5, 0.6) is 0 Å². The summed E-state index contributed by atoms with van der Waals surface area (Å²) in [6.45, 7) is 16.9. The lowest BCUT2D eigenvalue weighted by Gasteiger charge is -2.41. The predicted octanol–water partition coefficient (Wildman–Crippen LogP) is 4.44. The van der Waals surface area contributed by atoms with Gasteiger partial charge < -0.3 is 19.1 Å². The number of piperidine rings is 1. The van der Waals surface area contributed by atoms with Gasteiger partial charge in [0.05, 0.1) is 24.9 Å². The van der Waals surface area contributed by atoms with E-state index < -0.39 is 17.7 Å². The number of carbonyl (C=O) groups excluding carboxylic acids is 2. The number of fused-ring (bicyclic) bond motifs is 1. The summed E-state index contributed by atoms with van der Waals surface area (Å²) >= 11 is 0. The molecule has 0 bridgehead atoms. The van der Waals surface area contributed by atoms with E-state index in [-0.39, 0.29) is 11.4 Å².